The van der Waals surface area contributed by atoms with Crippen LogP contribution in [0.1, 0.15) is 51.1 Å². The standard InChI is InChI=1S/C18H22N2O2S/c1-11-6-7-16(22-11)13-8-20(9-15(13)19)18(21)14-10-23-17-5-3-2-4-12(14)17/h6-7,10,13,15H,2-5,8-9,19H2,1H3/t13-,15-/m0/s1. The van der Waals surface area contributed by atoms with Gasteiger partial charge in [0.25, 0.3) is 5.91 Å². The second-order valence-electron chi connectivity index (χ2n) is 6.69. The molecular formula is C18H22N2O2S. The third-order valence-corrected chi connectivity index (χ3v) is 6.16. The molecule has 2 aromatic heterocycles. The van der Waals surface area contributed by atoms with E-state index in [0.29, 0.717) is 13.1 Å². The van der Waals surface area contributed by atoms with Crippen molar-refractivity contribution in [2.75, 3.05) is 13.1 Å². The number of nitrogens with zero attached hydrogens (tertiary/aromatic N) is 1. The fourth-order valence-electron chi connectivity index (χ4n) is 3.79. The van der Waals surface area contributed by atoms with Gasteiger partial charge in [-0.05, 0) is 50.3 Å². The second kappa shape index (κ2) is 5.80. The fraction of sp³-hybridized carbons (Fsp3) is 0.500. The van der Waals surface area contributed by atoms with Crippen molar-refractivity contribution in [1.82, 2.24) is 4.90 Å². The van der Waals surface area contributed by atoms with E-state index in [2.05, 4.69) is 0 Å². The monoisotopic (exact) mass is 330 g/mol. The van der Waals surface area contributed by atoms with E-state index in [1.54, 1.807) is 11.3 Å². The highest BCUT2D eigenvalue weighted by Crippen LogP contribution is 2.33. The molecule has 3 heterocycles. The molecule has 2 aliphatic rings. The van der Waals surface area contributed by atoms with Gasteiger partial charge in [-0.1, -0.05) is 0 Å². The molecule has 0 bridgehead atoms. The summed E-state index contributed by atoms with van der Waals surface area (Å²) in [5.41, 5.74) is 8.49. The summed E-state index contributed by atoms with van der Waals surface area (Å²) < 4.78 is 5.73. The van der Waals surface area contributed by atoms with Crippen molar-refractivity contribution in [3.05, 3.63) is 45.0 Å². The van der Waals surface area contributed by atoms with Crippen molar-refractivity contribution in [1.29, 1.82) is 0 Å². The highest BCUT2D eigenvalue weighted by atomic mass is 32.1. The van der Waals surface area contributed by atoms with E-state index in [1.165, 1.54) is 23.3 Å². The van der Waals surface area contributed by atoms with Crippen molar-refractivity contribution in [2.24, 2.45) is 5.73 Å². The highest BCUT2D eigenvalue weighted by Gasteiger charge is 2.37. The Balaban J connectivity index is 1.55. The predicted octanol–water partition coefficient (Wildman–Crippen LogP) is 3.10. The van der Waals surface area contributed by atoms with Gasteiger partial charge in [0.05, 0.1) is 11.5 Å². The molecule has 1 amide bonds. The SMILES string of the molecule is Cc1ccc([C@H]2CN(C(=O)c3csc4c3CCCC4)C[C@@H]2N)o1. The average molecular weight is 330 g/mol. The first-order valence-electron chi connectivity index (χ1n) is 8.34. The van der Waals surface area contributed by atoms with Crippen LogP contribution in [0.3, 0.4) is 0 Å². The molecule has 23 heavy (non-hydrogen) atoms. The summed E-state index contributed by atoms with van der Waals surface area (Å²) in [7, 11) is 0. The molecule has 2 N–H and O–H groups in total. The maximum absolute atomic E-state index is 13.0. The average Bonchev–Trinajstić information content (AvgIpc) is 3.24. The van der Waals surface area contributed by atoms with Crippen LogP contribution < -0.4 is 5.73 Å². The van der Waals surface area contributed by atoms with Gasteiger partial charge >= 0.3 is 0 Å². The van der Waals surface area contributed by atoms with Crippen LogP contribution in [0.5, 0.6) is 0 Å². The van der Waals surface area contributed by atoms with Gasteiger partial charge < -0.3 is 15.1 Å². The van der Waals surface area contributed by atoms with E-state index >= 15 is 0 Å². The predicted molar refractivity (Wildman–Crippen MR) is 91.0 cm³/mol. The van der Waals surface area contributed by atoms with Crippen LogP contribution in [0.15, 0.2) is 21.9 Å². The van der Waals surface area contributed by atoms with Gasteiger partial charge in [-0.15, -0.1) is 11.3 Å². The summed E-state index contributed by atoms with van der Waals surface area (Å²) in [6.07, 6.45) is 4.61. The first-order valence-corrected chi connectivity index (χ1v) is 9.22. The van der Waals surface area contributed by atoms with E-state index in [9.17, 15) is 4.79 Å². The van der Waals surface area contributed by atoms with E-state index < -0.39 is 0 Å². The minimum absolute atomic E-state index is 0.0565. The molecule has 0 spiro atoms. The van der Waals surface area contributed by atoms with Crippen LogP contribution in [-0.2, 0) is 12.8 Å². The van der Waals surface area contributed by atoms with Crippen LogP contribution in [0, 0.1) is 6.92 Å². The van der Waals surface area contributed by atoms with E-state index in [4.69, 9.17) is 10.2 Å². The van der Waals surface area contributed by atoms with Gasteiger partial charge in [0.1, 0.15) is 11.5 Å². The Labute approximate surface area is 140 Å². The van der Waals surface area contributed by atoms with Crippen molar-refractivity contribution in [2.45, 2.75) is 44.6 Å². The minimum Gasteiger partial charge on any atom is -0.466 e. The van der Waals surface area contributed by atoms with E-state index in [0.717, 1.165) is 29.9 Å². The van der Waals surface area contributed by atoms with Crippen LogP contribution in [0.25, 0.3) is 0 Å². The number of fused-ring (bicyclic) bond motifs is 1. The van der Waals surface area contributed by atoms with Gasteiger partial charge in [-0.25, -0.2) is 0 Å². The molecule has 1 saturated heterocycles. The van der Waals surface area contributed by atoms with E-state index in [1.807, 2.05) is 29.3 Å². The number of aryl methyl sites for hydroxylation is 2. The normalized spacial score (nSPS) is 24.0. The lowest BCUT2D eigenvalue weighted by molar-refractivity contribution is 0.0788. The third-order valence-electron chi connectivity index (χ3n) is 5.07. The number of thiophene rings is 1. The van der Waals surface area contributed by atoms with Crippen molar-refractivity contribution in [3.63, 3.8) is 0 Å². The Morgan fingerprint density at radius 1 is 1.30 bits per heavy atom. The number of carbonyl (C=O) groups excluding carboxylic acids is 1. The zero-order chi connectivity index (χ0) is 16.0. The van der Waals surface area contributed by atoms with Gasteiger partial charge in [0.15, 0.2) is 0 Å². The quantitative estimate of drug-likeness (QED) is 0.920. The molecule has 1 aliphatic heterocycles. The summed E-state index contributed by atoms with van der Waals surface area (Å²) in [5, 5.41) is 2.05. The Bertz CT molecular complexity index is 733. The molecule has 0 unspecified atom stereocenters. The second-order valence-corrected chi connectivity index (χ2v) is 7.65. The number of carbonyl (C=O) groups is 1. The zero-order valence-corrected chi connectivity index (χ0v) is 14.2. The van der Waals surface area contributed by atoms with Crippen LogP contribution in [0.2, 0.25) is 0 Å². The highest BCUT2D eigenvalue weighted by molar-refractivity contribution is 7.10. The van der Waals surface area contributed by atoms with Crippen LogP contribution in [0.4, 0.5) is 0 Å². The molecule has 4 rings (SSSR count). The van der Waals surface area contributed by atoms with Gasteiger partial charge in [0.2, 0.25) is 0 Å². The lowest BCUT2D eigenvalue weighted by Crippen LogP contribution is -2.32. The molecule has 0 radical (unpaired) electrons. The first-order chi connectivity index (χ1) is 11.1. The molecule has 1 fully saturated rings. The summed E-state index contributed by atoms with van der Waals surface area (Å²) in [6.45, 7) is 3.19. The molecule has 5 heteroatoms. The van der Waals surface area contributed by atoms with E-state index in [-0.39, 0.29) is 17.9 Å². The lowest BCUT2D eigenvalue weighted by atomic mass is 9.95. The molecule has 122 valence electrons. The number of furan rings is 1. The smallest absolute Gasteiger partial charge is 0.255 e. The fourth-order valence-corrected chi connectivity index (χ4v) is 4.91. The van der Waals surface area contributed by atoms with Gasteiger partial charge in [0, 0.05) is 29.4 Å². The maximum Gasteiger partial charge on any atom is 0.255 e. The molecule has 2 atom stereocenters. The maximum atomic E-state index is 13.0. The largest absolute Gasteiger partial charge is 0.466 e. The molecule has 2 aromatic rings. The van der Waals surface area contributed by atoms with Crippen molar-refractivity contribution in [3.8, 4) is 0 Å². The Morgan fingerprint density at radius 2 is 2.13 bits per heavy atom. The molecule has 4 nitrogen and oxygen atoms in total. The number of rotatable bonds is 2. The summed E-state index contributed by atoms with van der Waals surface area (Å²) >= 11 is 1.74. The Morgan fingerprint density at radius 3 is 2.91 bits per heavy atom. The topological polar surface area (TPSA) is 59.5 Å². The van der Waals surface area contributed by atoms with Gasteiger partial charge in [-0.3, -0.25) is 4.79 Å². The number of hydrogen-bond donors (Lipinski definition) is 1. The first kappa shape index (κ1) is 15.0. The summed E-state index contributed by atoms with van der Waals surface area (Å²) in [6, 6.07) is 3.89. The van der Waals surface area contributed by atoms with Crippen molar-refractivity contribution >= 4 is 17.2 Å². The van der Waals surface area contributed by atoms with Gasteiger partial charge in [-0.2, -0.15) is 0 Å². The lowest BCUT2D eigenvalue weighted by Gasteiger charge is -2.18. The zero-order valence-electron chi connectivity index (χ0n) is 13.4. The summed E-state index contributed by atoms with van der Waals surface area (Å²) in [5.74, 6) is 2.04. The molecule has 0 aromatic carbocycles. The minimum atomic E-state index is -0.0565. The molecule has 1 aliphatic carbocycles. The van der Waals surface area contributed by atoms with Crippen molar-refractivity contribution < 1.29 is 9.21 Å². The molecular weight excluding hydrogens is 308 g/mol. The Kier molecular flexibility index (Phi) is 3.77. The number of nitrogens with two attached hydrogens (primary N) is 1. The number of hydrogen-bond acceptors (Lipinski definition) is 4. The summed E-state index contributed by atoms with van der Waals surface area (Å²) in [4.78, 5) is 16.3. The van der Waals surface area contributed by atoms with Crippen LogP contribution in [-0.4, -0.2) is 29.9 Å². The number of likely N-dealkylation sites (tertiary alicyclic amines) is 1. The number of amides is 1. The molecule has 0 saturated carbocycles. The van der Waals surface area contributed by atoms with Crippen LogP contribution >= 0.6 is 11.3 Å². The Hall–Kier alpha value is -1.59. The third kappa shape index (κ3) is 2.62.